The maximum Gasteiger partial charge on any atom is 0.0894 e. The van der Waals surface area contributed by atoms with Gasteiger partial charge >= 0.3 is 0 Å². The lowest BCUT2D eigenvalue weighted by molar-refractivity contribution is 0.0823. The molecule has 0 bridgehead atoms. The van der Waals surface area contributed by atoms with Gasteiger partial charge in [-0.25, -0.2) is 5.90 Å². The summed E-state index contributed by atoms with van der Waals surface area (Å²) in [6, 6.07) is 0. The Kier molecular flexibility index (Phi) is 3.52. The molecular formula is C3H8ClNO. The van der Waals surface area contributed by atoms with Gasteiger partial charge in [0.2, 0.25) is 0 Å². The molecule has 0 rings (SSSR count). The largest absolute Gasteiger partial charge is 0.300 e. The second-order valence-electron chi connectivity index (χ2n) is 1.10. The lowest BCUT2D eigenvalue weighted by Crippen LogP contribution is -2.13. The Balaban J connectivity index is 2.75. The molecule has 0 aliphatic rings. The Morgan fingerprint density at radius 3 is 2.50 bits per heavy atom. The molecular weight excluding hydrogens is 101 g/mol. The minimum Gasteiger partial charge on any atom is -0.300 e. The number of hydrogen-bond donors (Lipinski definition) is 1. The molecule has 1 atom stereocenters. The zero-order valence-corrected chi connectivity index (χ0v) is 4.40. The van der Waals surface area contributed by atoms with Gasteiger partial charge in [-0.3, -0.25) is 0 Å². The van der Waals surface area contributed by atoms with Crippen LogP contribution in [0.5, 0.6) is 0 Å². The number of rotatable bonds is 2. The topological polar surface area (TPSA) is 35.2 Å². The summed E-state index contributed by atoms with van der Waals surface area (Å²) >= 11 is 5.25. The maximum atomic E-state index is 5.25. The van der Waals surface area contributed by atoms with Crippen LogP contribution in [0.15, 0.2) is 0 Å². The van der Waals surface area contributed by atoms with Gasteiger partial charge in [-0.2, -0.15) is 0 Å². The molecule has 0 heterocycles. The van der Waals surface area contributed by atoms with Crippen LogP contribution in [-0.2, 0) is 4.84 Å². The van der Waals surface area contributed by atoms with Gasteiger partial charge in [-0.05, 0) is 6.92 Å². The van der Waals surface area contributed by atoms with Gasteiger partial charge in [-0.15, -0.1) is 11.6 Å². The van der Waals surface area contributed by atoms with Crippen molar-refractivity contribution in [3.8, 4) is 0 Å². The Labute approximate surface area is 42.2 Å². The van der Waals surface area contributed by atoms with Gasteiger partial charge in [0, 0.05) is 0 Å². The van der Waals surface area contributed by atoms with Crippen molar-refractivity contribution in [1.82, 2.24) is 0 Å². The van der Waals surface area contributed by atoms with Gasteiger partial charge in [-0.1, -0.05) is 0 Å². The van der Waals surface area contributed by atoms with E-state index in [0.29, 0.717) is 5.88 Å². The highest BCUT2D eigenvalue weighted by Gasteiger charge is 1.91. The summed E-state index contributed by atoms with van der Waals surface area (Å²) in [6.45, 7) is 1.80. The van der Waals surface area contributed by atoms with E-state index in [1.165, 1.54) is 0 Å². The molecule has 2 nitrogen and oxygen atoms in total. The fraction of sp³-hybridized carbons (Fsp3) is 1.00. The Morgan fingerprint density at radius 1 is 2.00 bits per heavy atom. The molecule has 0 aromatic rings. The fourth-order valence-electron chi connectivity index (χ4n) is 0.0364. The van der Waals surface area contributed by atoms with Crippen LogP contribution in [0.4, 0.5) is 0 Å². The summed E-state index contributed by atoms with van der Waals surface area (Å²) in [7, 11) is 0. The first-order valence-corrected chi connectivity index (χ1v) is 2.26. The van der Waals surface area contributed by atoms with Gasteiger partial charge < -0.3 is 4.84 Å². The van der Waals surface area contributed by atoms with Gasteiger partial charge in [0.05, 0.1) is 12.0 Å². The number of nitrogens with two attached hydrogens (primary N) is 1. The summed E-state index contributed by atoms with van der Waals surface area (Å²) < 4.78 is 0. The second kappa shape index (κ2) is 3.40. The number of alkyl halides is 1. The van der Waals surface area contributed by atoms with Crippen molar-refractivity contribution in [1.29, 1.82) is 0 Å². The van der Waals surface area contributed by atoms with E-state index in [1.54, 1.807) is 6.92 Å². The van der Waals surface area contributed by atoms with E-state index in [2.05, 4.69) is 4.84 Å². The van der Waals surface area contributed by atoms with E-state index in [-0.39, 0.29) is 6.10 Å². The summed E-state index contributed by atoms with van der Waals surface area (Å²) in [4.78, 5) is 4.27. The van der Waals surface area contributed by atoms with Crippen LogP contribution in [0, 0.1) is 0 Å². The van der Waals surface area contributed by atoms with Crippen molar-refractivity contribution >= 4 is 11.6 Å². The summed E-state index contributed by atoms with van der Waals surface area (Å²) in [6.07, 6.45) is -0.0216. The first-order valence-electron chi connectivity index (χ1n) is 1.72. The van der Waals surface area contributed by atoms with Crippen LogP contribution in [0.25, 0.3) is 0 Å². The van der Waals surface area contributed by atoms with Crippen molar-refractivity contribution in [2.24, 2.45) is 5.90 Å². The highest BCUT2D eigenvalue weighted by atomic mass is 35.5. The van der Waals surface area contributed by atoms with Crippen molar-refractivity contribution in [2.75, 3.05) is 5.88 Å². The van der Waals surface area contributed by atoms with E-state index in [0.717, 1.165) is 0 Å². The molecule has 0 aromatic carbocycles. The van der Waals surface area contributed by atoms with E-state index in [9.17, 15) is 0 Å². The normalized spacial score (nSPS) is 14.5. The Morgan fingerprint density at radius 2 is 2.50 bits per heavy atom. The average Bonchev–Trinajstić information content (AvgIpc) is 1.65. The molecule has 0 spiro atoms. The average molecular weight is 110 g/mol. The molecule has 0 aliphatic carbocycles. The predicted molar refractivity (Wildman–Crippen MR) is 25.5 cm³/mol. The smallest absolute Gasteiger partial charge is 0.0894 e. The van der Waals surface area contributed by atoms with E-state index in [4.69, 9.17) is 17.5 Å². The molecule has 3 heteroatoms. The van der Waals surface area contributed by atoms with E-state index in [1.807, 2.05) is 0 Å². The van der Waals surface area contributed by atoms with Crippen LogP contribution in [0.3, 0.4) is 0 Å². The van der Waals surface area contributed by atoms with Crippen LogP contribution in [-0.4, -0.2) is 12.0 Å². The SMILES string of the molecule is CC(CCl)ON. The Hall–Kier alpha value is 0.210. The van der Waals surface area contributed by atoms with Gasteiger partial charge in [0.1, 0.15) is 0 Å². The summed E-state index contributed by atoms with van der Waals surface area (Å²) in [5, 5.41) is 0. The van der Waals surface area contributed by atoms with Crippen molar-refractivity contribution in [2.45, 2.75) is 13.0 Å². The van der Waals surface area contributed by atoms with E-state index >= 15 is 0 Å². The molecule has 1 unspecified atom stereocenters. The third-order valence-corrected chi connectivity index (χ3v) is 0.884. The number of hydrogen-bond acceptors (Lipinski definition) is 2. The molecule has 0 amide bonds. The molecule has 0 aromatic heterocycles. The van der Waals surface area contributed by atoms with Gasteiger partial charge in [0.25, 0.3) is 0 Å². The highest BCUT2D eigenvalue weighted by Crippen LogP contribution is 1.85. The Bertz CT molecular complexity index is 30.0. The molecule has 0 fully saturated rings. The van der Waals surface area contributed by atoms with Crippen molar-refractivity contribution in [3.63, 3.8) is 0 Å². The van der Waals surface area contributed by atoms with Crippen LogP contribution in [0.1, 0.15) is 6.92 Å². The molecule has 6 heavy (non-hydrogen) atoms. The monoisotopic (exact) mass is 109 g/mol. The fourth-order valence-corrected chi connectivity index (χ4v) is 0.109. The van der Waals surface area contributed by atoms with Gasteiger partial charge in [0.15, 0.2) is 0 Å². The lowest BCUT2D eigenvalue weighted by atomic mass is 10.5. The maximum absolute atomic E-state index is 5.25. The standard InChI is InChI=1S/C3H8ClNO/c1-3(2-4)6-5/h3H,2,5H2,1H3. The van der Waals surface area contributed by atoms with E-state index < -0.39 is 0 Å². The summed E-state index contributed by atoms with van der Waals surface area (Å²) in [5.74, 6) is 5.15. The molecule has 0 radical (unpaired) electrons. The third-order valence-electron chi connectivity index (χ3n) is 0.450. The van der Waals surface area contributed by atoms with Crippen molar-refractivity contribution in [3.05, 3.63) is 0 Å². The van der Waals surface area contributed by atoms with Crippen molar-refractivity contribution < 1.29 is 4.84 Å². The van der Waals surface area contributed by atoms with Crippen LogP contribution < -0.4 is 5.90 Å². The first-order chi connectivity index (χ1) is 2.81. The second-order valence-corrected chi connectivity index (χ2v) is 1.41. The number of halogens is 1. The molecule has 0 saturated carbocycles. The quantitative estimate of drug-likeness (QED) is 0.414. The lowest BCUT2D eigenvalue weighted by Gasteiger charge is -1.98. The molecule has 2 N–H and O–H groups in total. The third kappa shape index (κ3) is 2.45. The zero-order valence-electron chi connectivity index (χ0n) is 3.65. The zero-order chi connectivity index (χ0) is 4.99. The minimum atomic E-state index is -0.0216. The minimum absolute atomic E-state index is 0.0216. The molecule has 0 aliphatic heterocycles. The molecule has 0 saturated heterocycles. The van der Waals surface area contributed by atoms with Crippen LogP contribution in [0.2, 0.25) is 0 Å². The molecule has 38 valence electrons. The summed E-state index contributed by atoms with van der Waals surface area (Å²) in [5.41, 5.74) is 0. The predicted octanol–water partition coefficient (Wildman–Crippen LogP) is 0.504. The highest BCUT2D eigenvalue weighted by molar-refractivity contribution is 6.18. The van der Waals surface area contributed by atoms with Crippen LogP contribution >= 0.6 is 11.6 Å². The first kappa shape index (κ1) is 6.21.